The molecule has 0 saturated heterocycles. The molecule has 0 aliphatic rings. The van der Waals surface area contributed by atoms with Crippen molar-refractivity contribution in [3.8, 4) is 34.3 Å². The number of esters is 1. The van der Waals surface area contributed by atoms with Crippen LogP contribution in [-0.4, -0.2) is 39.5 Å². The number of fused-ring (bicyclic) bond motifs is 1. The van der Waals surface area contributed by atoms with E-state index in [9.17, 15) is 9.59 Å². The summed E-state index contributed by atoms with van der Waals surface area (Å²) in [5.41, 5.74) is -0.0316. The van der Waals surface area contributed by atoms with Gasteiger partial charge in [0.05, 0.1) is 21.3 Å². The largest absolute Gasteiger partial charge is 0.496 e. The fourth-order valence-electron chi connectivity index (χ4n) is 3.12. The van der Waals surface area contributed by atoms with Crippen molar-refractivity contribution in [3.05, 3.63) is 46.6 Å². The van der Waals surface area contributed by atoms with Gasteiger partial charge in [-0.1, -0.05) is 0 Å². The molecule has 0 aliphatic heterocycles. The third kappa shape index (κ3) is 5.14. The molecule has 0 aliphatic carbocycles. The fraction of sp³-hybridized carbons (Fsp3) is 0.333. The Bertz CT molecular complexity index is 1190. The van der Waals surface area contributed by atoms with Gasteiger partial charge in [-0.3, -0.25) is 4.79 Å². The minimum Gasteiger partial charge on any atom is -0.496 e. The topological polar surface area (TPSA) is 93.4 Å². The summed E-state index contributed by atoms with van der Waals surface area (Å²) in [7, 11) is 4.50. The van der Waals surface area contributed by atoms with Gasteiger partial charge in [0.25, 0.3) is 0 Å². The summed E-state index contributed by atoms with van der Waals surface area (Å²) in [5.74, 6) is 1.44. The van der Waals surface area contributed by atoms with Crippen molar-refractivity contribution < 1.29 is 32.9 Å². The third-order valence-corrected chi connectivity index (χ3v) is 4.43. The summed E-state index contributed by atoms with van der Waals surface area (Å²) in [6.45, 7) is 5.02. The average molecular weight is 442 g/mol. The minimum atomic E-state index is -0.622. The van der Waals surface area contributed by atoms with Crippen molar-refractivity contribution >= 4 is 16.9 Å². The molecule has 8 nitrogen and oxygen atoms in total. The van der Waals surface area contributed by atoms with E-state index in [1.54, 1.807) is 46.1 Å². The molecule has 0 amide bonds. The van der Waals surface area contributed by atoms with E-state index >= 15 is 0 Å². The molecule has 0 bridgehead atoms. The lowest BCUT2D eigenvalue weighted by Gasteiger charge is -2.19. The van der Waals surface area contributed by atoms with Crippen molar-refractivity contribution in [2.75, 3.05) is 27.9 Å². The number of ether oxygens (including phenoxy) is 5. The van der Waals surface area contributed by atoms with Crippen LogP contribution in [0.1, 0.15) is 20.8 Å². The number of carbonyl (C=O) groups is 1. The van der Waals surface area contributed by atoms with Crippen LogP contribution < -0.4 is 24.4 Å². The maximum atomic E-state index is 12.9. The second-order valence-electron chi connectivity index (χ2n) is 7.92. The Labute approximate surface area is 185 Å². The van der Waals surface area contributed by atoms with Gasteiger partial charge in [-0.05, 0) is 39.0 Å². The van der Waals surface area contributed by atoms with E-state index in [-0.39, 0.29) is 28.8 Å². The zero-order valence-corrected chi connectivity index (χ0v) is 18.9. The smallest absolute Gasteiger partial charge is 0.344 e. The molecule has 170 valence electrons. The average Bonchev–Trinajstić information content (AvgIpc) is 2.75. The summed E-state index contributed by atoms with van der Waals surface area (Å²) < 4.78 is 32.8. The fourth-order valence-corrected chi connectivity index (χ4v) is 3.12. The van der Waals surface area contributed by atoms with Gasteiger partial charge in [0, 0.05) is 23.8 Å². The summed E-state index contributed by atoms with van der Waals surface area (Å²) >= 11 is 0. The lowest BCUT2D eigenvalue weighted by atomic mass is 10.1. The number of benzene rings is 2. The lowest BCUT2D eigenvalue weighted by Crippen LogP contribution is -2.27. The van der Waals surface area contributed by atoms with E-state index < -0.39 is 11.6 Å². The Hall–Kier alpha value is -3.68. The van der Waals surface area contributed by atoms with Gasteiger partial charge in [0.2, 0.25) is 0 Å². The van der Waals surface area contributed by atoms with Crippen LogP contribution in [0.2, 0.25) is 0 Å². The molecule has 0 fully saturated rings. The predicted octanol–water partition coefficient (Wildman–Crippen LogP) is 4.21. The second kappa shape index (κ2) is 9.21. The molecule has 2 aromatic carbocycles. The van der Waals surface area contributed by atoms with Crippen molar-refractivity contribution in [2.45, 2.75) is 26.4 Å². The van der Waals surface area contributed by atoms with Crippen LogP contribution in [0.15, 0.2) is 45.6 Å². The third-order valence-electron chi connectivity index (χ3n) is 4.43. The summed E-state index contributed by atoms with van der Waals surface area (Å²) in [5, 5.41) is 0.265. The normalized spacial score (nSPS) is 11.2. The Morgan fingerprint density at radius 3 is 2.22 bits per heavy atom. The molecule has 0 N–H and O–H groups in total. The van der Waals surface area contributed by atoms with Gasteiger partial charge in [0.15, 0.2) is 23.5 Å². The first-order valence-electron chi connectivity index (χ1n) is 9.88. The molecule has 3 rings (SSSR count). The zero-order valence-electron chi connectivity index (χ0n) is 18.9. The van der Waals surface area contributed by atoms with Crippen molar-refractivity contribution in [1.82, 2.24) is 0 Å². The van der Waals surface area contributed by atoms with Gasteiger partial charge < -0.3 is 28.1 Å². The number of methoxy groups -OCH3 is 3. The molecule has 0 atom stereocenters. The van der Waals surface area contributed by atoms with Gasteiger partial charge >= 0.3 is 5.97 Å². The van der Waals surface area contributed by atoms with Crippen LogP contribution in [-0.2, 0) is 9.53 Å². The molecular weight excluding hydrogens is 416 g/mol. The van der Waals surface area contributed by atoms with E-state index in [0.29, 0.717) is 28.6 Å². The predicted molar refractivity (Wildman–Crippen MR) is 119 cm³/mol. The highest BCUT2D eigenvalue weighted by Gasteiger charge is 2.18. The Morgan fingerprint density at radius 1 is 0.906 bits per heavy atom. The van der Waals surface area contributed by atoms with Crippen LogP contribution in [0.25, 0.3) is 22.3 Å². The van der Waals surface area contributed by atoms with E-state index in [1.165, 1.54) is 32.4 Å². The molecule has 32 heavy (non-hydrogen) atoms. The highest BCUT2D eigenvalue weighted by Crippen LogP contribution is 2.35. The Kier molecular flexibility index (Phi) is 6.62. The van der Waals surface area contributed by atoms with E-state index in [0.717, 1.165) is 0 Å². The molecule has 1 aromatic heterocycles. The first-order chi connectivity index (χ1) is 15.1. The number of hydrogen-bond donors (Lipinski definition) is 0. The quantitative estimate of drug-likeness (QED) is 0.503. The Balaban J connectivity index is 2.01. The first-order valence-corrected chi connectivity index (χ1v) is 9.88. The monoisotopic (exact) mass is 442 g/mol. The molecule has 0 saturated carbocycles. The van der Waals surface area contributed by atoms with Crippen molar-refractivity contribution in [2.24, 2.45) is 0 Å². The number of hydrogen-bond acceptors (Lipinski definition) is 8. The van der Waals surface area contributed by atoms with Crippen LogP contribution in [0.5, 0.6) is 23.0 Å². The molecule has 8 heteroatoms. The molecule has 0 unspecified atom stereocenters. The zero-order chi connectivity index (χ0) is 23.5. The van der Waals surface area contributed by atoms with Crippen LogP contribution in [0, 0.1) is 0 Å². The maximum absolute atomic E-state index is 12.9. The highest BCUT2D eigenvalue weighted by molar-refractivity contribution is 5.86. The number of rotatable bonds is 7. The molecule has 1 heterocycles. The van der Waals surface area contributed by atoms with Gasteiger partial charge in [-0.15, -0.1) is 0 Å². The van der Waals surface area contributed by atoms with Crippen LogP contribution in [0.3, 0.4) is 0 Å². The highest BCUT2D eigenvalue weighted by atomic mass is 16.6. The minimum absolute atomic E-state index is 0.251. The van der Waals surface area contributed by atoms with E-state index in [1.807, 2.05) is 0 Å². The van der Waals surface area contributed by atoms with Gasteiger partial charge in [-0.25, -0.2) is 4.79 Å². The van der Waals surface area contributed by atoms with Crippen LogP contribution >= 0.6 is 0 Å². The lowest BCUT2D eigenvalue weighted by molar-refractivity contribution is -0.157. The van der Waals surface area contributed by atoms with Gasteiger partial charge in [-0.2, -0.15) is 0 Å². The molecule has 0 radical (unpaired) electrons. The molecular formula is C24H26O8. The van der Waals surface area contributed by atoms with Crippen molar-refractivity contribution in [1.29, 1.82) is 0 Å². The maximum Gasteiger partial charge on any atom is 0.344 e. The first kappa shape index (κ1) is 23.0. The summed E-state index contributed by atoms with van der Waals surface area (Å²) in [6, 6.07) is 9.63. The SMILES string of the molecule is COc1ccc(-c2cc(=O)c3c(OC)cc(OCC(=O)OC(C)(C)C)cc3o2)cc1OC. The molecule has 0 spiro atoms. The van der Waals surface area contributed by atoms with E-state index in [2.05, 4.69) is 0 Å². The standard InChI is InChI=1S/C24H26O8/c1-24(2,3)32-22(26)13-30-15-10-20(29-6)23-16(25)12-18(31-21(23)11-15)14-7-8-17(27-4)19(9-14)28-5/h7-12H,13H2,1-6H3. The van der Waals surface area contributed by atoms with Gasteiger partial charge in [0.1, 0.15) is 33.8 Å². The second-order valence-corrected chi connectivity index (χ2v) is 7.92. The summed E-state index contributed by atoms with van der Waals surface area (Å²) in [6.07, 6.45) is 0. The van der Waals surface area contributed by atoms with E-state index in [4.69, 9.17) is 28.1 Å². The van der Waals surface area contributed by atoms with Crippen LogP contribution in [0.4, 0.5) is 0 Å². The molecule has 3 aromatic rings. The van der Waals surface area contributed by atoms with Crippen molar-refractivity contribution in [3.63, 3.8) is 0 Å². The summed E-state index contributed by atoms with van der Waals surface area (Å²) in [4.78, 5) is 24.8. The Morgan fingerprint density at radius 2 is 1.59 bits per heavy atom. The number of carbonyl (C=O) groups excluding carboxylic acids is 1.